The third-order valence-electron chi connectivity index (χ3n) is 1.43. The highest BCUT2D eigenvalue weighted by Gasteiger charge is 2.07. The average Bonchev–Trinajstić information content (AvgIpc) is 2.17. The number of hydrogen-bond acceptors (Lipinski definition) is 3. The lowest BCUT2D eigenvalue weighted by Crippen LogP contribution is -2.00. The van der Waals surface area contributed by atoms with Crippen LogP contribution in [0.1, 0.15) is 6.92 Å². The Hall–Kier alpha value is -1.22. The van der Waals surface area contributed by atoms with Crippen molar-refractivity contribution in [2.24, 2.45) is 0 Å². The minimum Gasteiger partial charge on any atom is -0.565 e. The van der Waals surface area contributed by atoms with E-state index in [1.165, 1.54) is 14.1 Å². The van der Waals surface area contributed by atoms with Crippen LogP contribution in [0.25, 0.3) is 0 Å². The van der Waals surface area contributed by atoms with Gasteiger partial charge in [0.25, 0.3) is 0 Å². The van der Waals surface area contributed by atoms with Crippen molar-refractivity contribution in [3.05, 3.63) is 35.8 Å². The summed E-state index contributed by atoms with van der Waals surface area (Å²) < 4.78 is 9.83. The molecule has 4 nitrogen and oxygen atoms in total. The Balaban J connectivity index is 4.88. The van der Waals surface area contributed by atoms with Gasteiger partial charge in [0.05, 0.1) is 15.0 Å². The summed E-state index contributed by atoms with van der Waals surface area (Å²) in [5.74, 6) is -0.353. The molecule has 0 fully saturated rings. The van der Waals surface area contributed by atoms with Crippen molar-refractivity contribution in [2.45, 2.75) is 6.92 Å². The highest BCUT2D eigenvalue weighted by molar-refractivity contribution is 7.10. The first-order valence-corrected chi connectivity index (χ1v) is 4.25. The SMILES string of the molecule is BOC(=C/C(=C)C(=O)O)/C(=C\C)OP. The van der Waals surface area contributed by atoms with Crippen LogP contribution in [0.2, 0.25) is 0 Å². The van der Waals surface area contributed by atoms with E-state index < -0.39 is 5.97 Å². The molecule has 0 spiro atoms. The van der Waals surface area contributed by atoms with E-state index in [1.54, 1.807) is 13.0 Å². The van der Waals surface area contributed by atoms with E-state index in [2.05, 4.69) is 16.0 Å². The monoisotopic (exact) mass is 214 g/mol. The quantitative estimate of drug-likeness (QED) is 0.241. The van der Waals surface area contributed by atoms with Crippen molar-refractivity contribution in [3.8, 4) is 0 Å². The third-order valence-corrected chi connectivity index (χ3v) is 1.69. The summed E-state index contributed by atoms with van der Waals surface area (Å²) in [7, 11) is 3.48. The Labute approximate surface area is 86.0 Å². The van der Waals surface area contributed by atoms with E-state index in [9.17, 15) is 4.79 Å². The molecule has 0 saturated carbocycles. The van der Waals surface area contributed by atoms with Crippen LogP contribution in [0.15, 0.2) is 35.8 Å². The van der Waals surface area contributed by atoms with Crippen LogP contribution in [0, 0.1) is 0 Å². The topological polar surface area (TPSA) is 55.8 Å². The second-order valence-corrected chi connectivity index (χ2v) is 2.55. The lowest BCUT2D eigenvalue weighted by Gasteiger charge is -2.09. The van der Waals surface area contributed by atoms with Gasteiger partial charge >= 0.3 is 14.0 Å². The van der Waals surface area contributed by atoms with Crippen LogP contribution in [0.3, 0.4) is 0 Å². The number of carboxylic acids is 1. The van der Waals surface area contributed by atoms with Gasteiger partial charge in [0.1, 0.15) is 5.76 Å². The summed E-state index contributed by atoms with van der Waals surface area (Å²) in [6, 6.07) is 0. The normalized spacial score (nSPS) is 12.1. The van der Waals surface area contributed by atoms with Crippen LogP contribution in [-0.2, 0) is 14.0 Å². The second kappa shape index (κ2) is 6.27. The van der Waals surface area contributed by atoms with Crippen molar-refractivity contribution < 1.29 is 19.1 Å². The van der Waals surface area contributed by atoms with Crippen molar-refractivity contribution in [2.75, 3.05) is 0 Å². The van der Waals surface area contributed by atoms with Crippen LogP contribution >= 0.6 is 9.47 Å². The number of allylic oxidation sites excluding steroid dienone is 1. The summed E-state index contributed by atoms with van der Waals surface area (Å²) in [6.07, 6.45) is 2.94. The number of carboxylic acid groups (broad SMARTS) is 1. The molecule has 0 radical (unpaired) electrons. The molecule has 1 N–H and O–H groups in total. The molecule has 1 atom stereocenters. The van der Waals surface area contributed by atoms with Gasteiger partial charge in [-0.05, 0) is 19.1 Å². The van der Waals surface area contributed by atoms with E-state index >= 15 is 0 Å². The van der Waals surface area contributed by atoms with Crippen molar-refractivity contribution in [1.82, 2.24) is 0 Å². The Bertz CT molecular complexity index is 296. The molecule has 76 valence electrons. The molecule has 0 saturated heterocycles. The van der Waals surface area contributed by atoms with Gasteiger partial charge in [0, 0.05) is 0 Å². The lowest BCUT2D eigenvalue weighted by molar-refractivity contribution is -0.132. The van der Waals surface area contributed by atoms with Gasteiger partial charge in [-0.3, -0.25) is 0 Å². The van der Waals surface area contributed by atoms with E-state index in [0.717, 1.165) is 0 Å². The maximum absolute atomic E-state index is 10.5. The van der Waals surface area contributed by atoms with E-state index in [4.69, 9.17) is 14.3 Å². The van der Waals surface area contributed by atoms with E-state index in [0.29, 0.717) is 11.5 Å². The van der Waals surface area contributed by atoms with Gasteiger partial charge in [-0.2, -0.15) is 0 Å². The minimum absolute atomic E-state index is 0.0664. The van der Waals surface area contributed by atoms with Gasteiger partial charge in [-0.1, -0.05) is 6.58 Å². The summed E-state index contributed by atoms with van der Waals surface area (Å²) in [5, 5.41) is 8.59. The summed E-state index contributed by atoms with van der Waals surface area (Å²) in [5.41, 5.74) is -0.0664. The van der Waals surface area contributed by atoms with Gasteiger partial charge in [0.2, 0.25) is 0 Å². The highest BCUT2D eigenvalue weighted by atomic mass is 31.0. The molecule has 14 heavy (non-hydrogen) atoms. The fourth-order valence-corrected chi connectivity index (χ4v) is 0.971. The average molecular weight is 214 g/mol. The standard InChI is InChI=1S/C8H12BO4P/c1-3-6(13-14)7(12-9)4-5(2)8(10)11/h3-4H,2,9,14H2,1H3,(H,10,11)/b6-3+,7-4+. The first-order valence-electron chi connectivity index (χ1n) is 3.78. The van der Waals surface area contributed by atoms with Crippen LogP contribution in [-0.4, -0.2) is 19.1 Å². The zero-order chi connectivity index (χ0) is 11.1. The number of hydrogen-bond donors (Lipinski definition) is 1. The molecule has 0 aliphatic heterocycles. The fourth-order valence-electron chi connectivity index (χ4n) is 0.719. The number of rotatable bonds is 5. The predicted octanol–water partition coefficient (Wildman–Crippen LogP) is 0.786. The Morgan fingerprint density at radius 2 is 2.14 bits per heavy atom. The maximum Gasteiger partial charge on any atom is 0.335 e. The molecule has 1 unspecified atom stereocenters. The number of carbonyl (C=O) groups is 1. The van der Waals surface area contributed by atoms with Crippen LogP contribution in [0.5, 0.6) is 0 Å². The summed E-state index contributed by atoms with van der Waals surface area (Å²) in [6.45, 7) is 5.09. The van der Waals surface area contributed by atoms with Gasteiger partial charge in [0.15, 0.2) is 5.76 Å². The Morgan fingerprint density at radius 1 is 1.57 bits per heavy atom. The van der Waals surface area contributed by atoms with Gasteiger partial charge in [-0.15, -0.1) is 0 Å². The summed E-state index contributed by atoms with van der Waals surface area (Å²) in [4.78, 5) is 10.5. The van der Waals surface area contributed by atoms with Crippen molar-refractivity contribution >= 4 is 23.5 Å². The van der Waals surface area contributed by atoms with Crippen molar-refractivity contribution in [1.29, 1.82) is 0 Å². The van der Waals surface area contributed by atoms with Crippen LogP contribution < -0.4 is 0 Å². The highest BCUT2D eigenvalue weighted by Crippen LogP contribution is 2.16. The molecular formula is C8H12BO4P. The Kier molecular flexibility index (Phi) is 5.73. The molecule has 0 aliphatic carbocycles. The minimum atomic E-state index is -1.10. The second-order valence-electron chi connectivity index (χ2n) is 2.31. The molecular weight excluding hydrogens is 202 g/mol. The zero-order valence-electron chi connectivity index (χ0n) is 8.11. The molecule has 0 amide bonds. The molecule has 0 aromatic heterocycles. The Morgan fingerprint density at radius 3 is 2.43 bits per heavy atom. The van der Waals surface area contributed by atoms with E-state index in [1.807, 2.05) is 0 Å². The molecule has 0 aromatic rings. The lowest BCUT2D eigenvalue weighted by atomic mass is 10.2. The first kappa shape index (κ1) is 12.8. The number of aliphatic carboxylic acids is 1. The molecule has 6 heteroatoms. The predicted molar refractivity (Wildman–Crippen MR) is 59.0 cm³/mol. The summed E-state index contributed by atoms with van der Waals surface area (Å²) >= 11 is 0. The van der Waals surface area contributed by atoms with Gasteiger partial charge < -0.3 is 14.3 Å². The largest absolute Gasteiger partial charge is 0.565 e. The molecule has 0 aliphatic rings. The smallest absolute Gasteiger partial charge is 0.335 e. The third kappa shape index (κ3) is 3.67. The molecule has 0 heterocycles. The van der Waals surface area contributed by atoms with Crippen LogP contribution in [0.4, 0.5) is 0 Å². The maximum atomic E-state index is 10.5. The van der Waals surface area contributed by atoms with E-state index in [-0.39, 0.29) is 5.57 Å². The molecule has 0 bridgehead atoms. The molecule has 0 aromatic carbocycles. The van der Waals surface area contributed by atoms with Gasteiger partial charge in [-0.25, -0.2) is 4.79 Å². The molecule has 0 rings (SSSR count). The van der Waals surface area contributed by atoms with Crippen molar-refractivity contribution in [3.63, 3.8) is 0 Å². The zero-order valence-corrected chi connectivity index (χ0v) is 9.27. The fraction of sp³-hybridized carbons (Fsp3) is 0.125. The first-order chi connectivity index (χ1) is 6.56.